The van der Waals surface area contributed by atoms with Gasteiger partial charge in [-0.15, -0.1) is 11.3 Å². The van der Waals surface area contributed by atoms with Crippen LogP contribution < -0.4 is 5.73 Å². The van der Waals surface area contributed by atoms with E-state index in [2.05, 4.69) is 30.9 Å². The number of aliphatic hydroxyl groups excluding tert-OH is 1. The number of hydrogen-bond donors (Lipinski definition) is 2. The van der Waals surface area contributed by atoms with Gasteiger partial charge in [0.1, 0.15) is 5.69 Å². The van der Waals surface area contributed by atoms with Crippen molar-refractivity contribution in [1.29, 1.82) is 0 Å². The summed E-state index contributed by atoms with van der Waals surface area (Å²) in [7, 11) is 2.12. The van der Waals surface area contributed by atoms with Crippen molar-refractivity contribution in [2.24, 2.45) is 11.7 Å². The Kier molecular flexibility index (Phi) is 8.57. The first-order valence-corrected chi connectivity index (χ1v) is 17.0. The van der Waals surface area contributed by atoms with E-state index >= 15 is 0 Å². The van der Waals surface area contributed by atoms with Gasteiger partial charge in [0.2, 0.25) is 0 Å². The molecular formula is C36H37F2N7O2S. The summed E-state index contributed by atoms with van der Waals surface area (Å²) in [6.45, 7) is 6.22. The summed E-state index contributed by atoms with van der Waals surface area (Å²) < 4.78 is 31.3. The monoisotopic (exact) mass is 669 g/mol. The summed E-state index contributed by atoms with van der Waals surface area (Å²) in [5.74, 6) is -2.16. The molecule has 248 valence electrons. The second kappa shape index (κ2) is 12.8. The lowest BCUT2D eigenvalue weighted by Gasteiger charge is -2.29. The van der Waals surface area contributed by atoms with Crippen molar-refractivity contribution in [3.05, 3.63) is 88.1 Å². The van der Waals surface area contributed by atoms with Gasteiger partial charge in [-0.1, -0.05) is 26.0 Å². The molecule has 5 heterocycles. The molecule has 1 aliphatic heterocycles. The lowest BCUT2D eigenvalue weighted by Crippen LogP contribution is -2.32. The maximum Gasteiger partial charge on any atom is 0.251 e. The molecule has 0 aliphatic carbocycles. The molecule has 0 saturated carbocycles. The maximum atomic E-state index is 14.0. The molecule has 4 aromatic heterocycles. The molecule has 1 amide bonds. The van der Waals surface area contributed by atoms with Crippen LogP contribution in [-0.4, -0.2) is 60.6 Å². The Hall–Kier alpha value is -4.52. The number of aromatic nitrogens is 5. The van der Waals surface area contributed by atoms with Crippen LogP contribution >= 0.6 is 11.3 Å². The largest absolute Gasteiger partial charge is 0.391 e. The number of likely N-dealkylation sites (tertiary alicyclic amines) is 1. The molecule has 0 radical (unpaired) electrons. The van der Waals surface area contributed by atoms with E-state index in [-0.39, 0.29) is 25.1 Å². The Morgan fingerprint density at radius 3 is 2.56 bits per heavy atom. The van der Waals surface area contributed by atoms with Crippen molar-refractivity contribution < 1.29 is 18.7 Å². The predicted molar refractivity (Wildman–Crippen MR) is 184 cm³/mol. The van der Waals surface area contributed by atoms with E-state index in [0.29, 0.717) is 40.1 Å². The SMILES string of the molecule is CC(C)Cc1nc2c(c(-c3ccc(CO)s3)nn2C2CCN(C)CC2)c(-c2ccc3c(cnn3Cc3ccc(F)c(F)c3)c2)c1C(N)=O. The predicted octanol–water partition coefficient (Wildman–Crippen LogP) is 6.56. The molecule has 1 fully saturated rings. The van der Waals surface area contributed by atoms with Gasteiger partial charge in [0.25, 0.3) is 5.91 Å². The number of rotatable bonds is 9. The number of benzene rings is 2. The third-order valence-electron chi connectivity index (χ3n) is 9.09. The molecule has 0 bridgehead atoms. The minimum Gasteiger partial charge on any atom is -0.391 e. The first kappa shape index (κ1) is 32.0. The van der Waals surface area contributed by atoms with Crippen LogP contribution in [0, 0.1) is 17.6 Å². The van der Waals surface area contributed by atoms with E-state index in [1.807, 2.05) is 35.0 Å². The number of thiophene rings is 1. The zero-order valence-corrected chi connectivity index (χ0v) is 27.9. The number of fused-ring (bicyclic) bond motifs is 2. The van der Waals surface area contributed by atoms with Gasteiger partial charge < -0.3 is 15.7 Å². The molecule has 6 aromatic rings. The Balaban J connectivity index is 1.47. The number of nitrogens with two attached hydrogens (primary N) is 1. The van der Waals surface area contributed by atoms with Crippen LogP contribution in [0.1, 0.15) is 59.2 Å². The van der Waals surface area contributed by atoms with Gasteiger partial charge in [0, 0.05) is 15.8 Å². The topological polar surface area (TPSA) is 115 Å². The van der Waals surface area contributed by atoms with Crippen LogP contribution in [0.3, 0.4) is 0 Å². The Labute approximate surface area is 280 Å². The van der Waals surface area contributed by atoms with Crippen molar-refractivity contribution >= 4 is 39.2 Å². The fourth-order valence-corrected chi connectivity index (χ4v) is 7.60. The average molecular weight is 670 g/mol. The van der Waals surface area contributed by atoms with Crippen LogP contribution in [0.4, 0.5) is 8.78 Å². The molecular weight excluding hydrogens is 633 g/mol. The first-order chi connectivity index (χ1) is 23.1. The maximum absolute atomic E-state index is 14.0. The third kappa shape index (κ3) is 5.88. The number of pyridine rings is 1. The first-order valence-electron chi connectivity index (χ1n) is 16.1. The van der Waals surface area contributed by atoms with E-state index in [4.69, 9.17) is 15.8 Å². The number of amides is 1. The number of piperidine rings is 1. The standard InChI is InChI=1S/C36H37F2N7O2S/c1-20(2)14-28-32(35(39)47)31(22-5-8-29-23(16-22)17-40-44(29)18-21-4-7-26(37)27(38)15-21)33-34(30-9-6-25(19-46)48-30)42-45(36(33)41-28)24-10-12-43(3)13-11-24/h4-9,15-17,20,24,46H,10-14,18-19H2,1-3H3,(H2,39,47). The summed E-state index contributed by atoms with van der Waals surface area (Å²) in [6.07, 6.45) is 4.11. The smallest absolute Gasteiger partial charge is 0.251 e. The Bertz CT molecular complexity index is 2160. The number of halogens is 2. The molecule has 7 rings (SSSR count). The minimum atomic E-state index is -0.905. The van der Waals surface area contributed by atoms with E-state index < -0.39 is 17.5 Å². The van der Waals surface area contributed by atoms with Crippen molar-refractivity contribution in [1.82, 2.24) is 29.4 Å². The van der Waals surface area contributed by atoms with Gasteiger partial charge >= 0.3 is 0 Å². The number of carbonyl (C=O) groups is 1. The molecule has 48 heavy (non-hydrogen) atoms. The van der Waals surface area contributed by atoms with Crippen molar-refractivity contribution in [3.63, 3.8) is 0 Å². The molecule has 12 heteroatoms. The van der Waals surface area contributed by atoms with E-state index in [1.54, 1.807) is 16.9 Å². The zero-order chi connectivity index (χ0) is 33.7. The number of hydrogen-bond acceptors (Lipinski definition) is 7. The Morgan fingerprint density at radius 2 is 1.88 bits per heavy atom. The van der Waals surface area contributed by atoms with Gasteiger partial charge in [-0.25, -0.2) is 18.4 Å². The summed E-state index contributed by atoms with van der Waals surface area (Å²) >= 11 is 1.46. The highest BCUT2D eigenvalue weighted by molar-refractivity contribution is 7.15. The molecule has 3 N–H and O–H groups in total. The Morgan fingerprint density at radius 1 is 1.08 bits per heavy atom. The quantitative estimate of drug-likeness (QED) is 0.180. The van der Waals surface area contributed by atoms with Crippen LogP contribution in [0.25, 0.3) is 43.6 Å². The second-order valence-corrected chi connectivity index (χ2v) is 14.2. The van der Waals surface area contributed by atoms with Gasteiger partial charge in [0.05, 0.1) is 52.4 Å². The number of carbonyl (C=O) groups excluding carboxylic acids is 1. The lowest BCUT2D eigenvalue weighted by molar-refractivity contribution is 0.0999. The van der Waals surface area contributed by atoms with E-state index in [0.717, 1.165) is 63.6 Å². The molecule has 0 unspecified atom stereocenters. The average Bonchev–Trinajstić information content (AvgIpc) is 3.79. The highest BCUT2D eigenvalue weighted by Gasteiger charge is 2.30. The molecule has 2 aromatic carbocycles. The highest BCUT2D eigenvalue weighted by Crippen LogP contribution is 2.43. The van der Waals surface area contributed by atoms with Gasteiger partial charge in [-0.3, -0.25) is 9.48 Å². The molecule has 1 saturated heterocycles. The number of aliphatic hydroxyl groups is 1. The fraction of sp³-hybridized carbons (Fsp3) is 0.333. The number of primary amides is 1. The molecule has 1 aliphatic rings. The van der Waals surface area contributed by atoms with E-state index in [9.17, 15) is 18.7 Å². The van der Waals surface area contributed by atoms with Crippen LogP contribution in [0.15, 0.2) is 54.7 Å². The summed E-state index contributed by atoms with van der Waals surface area (Å²) in [5, 5.41) is 21.2. The zero-order valence-electron chi connectivity index (χ0n) is 27.1. The lowest BCUT2D eigenvalue weighted by atomic mass is 9.91. The minimum absolute atomic E-state index is 0.0837. The van der Waals surface area contributed by atoms with Crippen molar-refractivity contribution in [2.45, 2.75) is 52.3 Å². The number of nitrogens with zero attached hydrogens (tertiary/aromatic N) is 6. The second-order valence-electron chi connectivity index (χ2n) is 13.0. The van der Waals surface area contributed by atoms with Gasteiger partial charge in [0.15, 0.2) is 17.3 Å². The van der Waals surface area contributed by atoms with Crippen LogP contribution in [0.5, 0.6) is 0 Å². The normalized spacial score (nSPS) is 14.6. The molecule has 0 atom stereocenters. The highest BCUT2D eigenvalue weighted by atomic mass is 32.1. The summed E-state index contributed by atoms with van der Waals surface area (Å²) in [4.78, 5) is 22.6. The summed E-state index contributed by atoms with van der Waals surface area (Å²) in [6, 6.07) is 13.7. The van der Waals surface area contributed by atoms with Crippen molar-refractivity contribution in [2.75, 3.05) is 20.1 Å². The van der Waals surface area contributed by atoms with E-state index in [1.165, 1.54) is 17.4 Å². The summed E-state index contributed by atoms with van der Waals surface area (Å²) in [5.41, 5.74) is 11.4. The fourth-order valence-electron chi connectivity index (χ4n) is 6.74. The molecule has 9 nitrogen and oxygen atoms in total. The van der Waals surface area contributed by atoms with Crippen LogP contribution in [0.2, 0.25) is 0 Å². The third-order valence-corrected chi connectivity index (χ3v) is 10.2. The van der Waals surface area contributed by atoms with Crippen molar-refractivity contribution in [3.8, 4) is 21.7 Å². The van der Waals surface area contributed by atoms with Gasteiger partial charge in [-0.2, -0.15) is 10.2 Å². The van der Waals surface area contributed by atoms with Gasteiger partial charge in [-0.05, 0) is 92.8 Å². The molecule has 0 spiro atoms. The van der Waals surface area contributed by atoms with Crippen LogP contribution in [-0.2, 0) is 19.6 Å².